The van der Waals surface area contributed by atoms with Gasteiger partial charge in [0.15, 0.2) is 11.5 Å². The van der Waals surface area contributed by atoms with E-state index in [1.807, 2.05) is 18.2 Å². The zero-order valence-electron chi connectivity index (χ0n) is 16.3. The van der Waals surface area contributed by atoms with E-state index >= 15 is 0 Å². The van der Waals surface area contributed by atoms with Crippen LogP contribution in [-0.4, -0.2) is 50.5 Å². The van der Waals surface area contributed by atoms with Crippen LogP contribution in [0.15, 0.2) is 18.2 Å². The average molecular weight is 339 g/mol. The van der Waals surface area contributed by atoms with Crippen LogP contribution < -0.4 is 14.2 Å². The highest BCUT2D eigenvalue weighted by Crippen LogP contribution is 2.37. The largest absolute Gasteiger partial charge is 0.490 e. The standard InChI is InChI=1S/C20H36NO3/c1-6-15-22-18-12-11-13-19(23-16-7-2)20(18)24-17-14-21(8-3,9-4)10-5/h11-13H,6-10,14-17H2,1-5H3/q+1. The monoisotopic (exact) mass is 338 g/mol. The molecule has 0 aliphatic carbocycles. The molecule has 0 unspecified atom stereocenters. The zero-order valence-corrected chi connectivity index (χ0v) is 16.3. The van der Waals surface area contributed by atoms with Gasteiger partial charge in [0.1, 0.15) is 13.2 Å². The smallest absolute Gasteiger partial charge is 0.203 e. The van der Waals surface area contributed by atoms with Crippen LogP contribution in [0, 0.1) is 0 Å². The van der Waals surface area contributed by atoms with Crippen molar-refractivity contribution in [3.05, 3.63) is 18.2 Å². The fourth-order valence-electron chi connectivity index (χ4n) is 2.78. The average Bonchev–Trinajstić information content (AvgIpc) is 2.63. The minimum Gasteiger partial charge on any atom is -0.490 e. The van der Waals surface area contributed by atoms with Crippen molar-refractivity contribution >= 4 is 0 Å². The van der Waals surface area contributed by atoms with Crippen LogP contribution in [0.2, 0.25) is 0 Å². The first-order valence-electron chi connectivity index (χ1n) is 9.52. The highest BCUT2D eigenvalue weighted by molar-refractivity contribution is 5.51. The van der Waals surface area contributed by atoms with Gasteiger partial charge in [-0.25, -0.2) is 0 Å². The van der Waals surface area contributed by atoms with Gasteiger partial charge in [-0.3, -0.25) is 0 Å². The van der Waals surface area contributed by atoms with Gasteiger partial charge in [0.25, 0.3) is 0 Å². The first-order chi connectivity index (χ1) is 11.7. The van der Waals surface area contributed by atoms with Crippen LogP contribution in [0.5, 0.6) is 17.2 Å². The molecule has 0 saturated heterocycles. The van der Waals surface area contributed by atoms with Crippen molar-refractivity contribution in [3.63, 3.8) is 0 Å². The fourth-order valence-corrected chi connectivity index (χ4v) is 2.78. The highest BCUT2D eigenvalue weighted by atomic mass is 16.5. The summed E-state index contributed by atoms with van der Waals surface area (Å²) in [5.41, 5.74) is 0. The number of quaternary nitrogens is 1. The van der Waals surface area contributed by atoms with Gasteiger partial charge in [0.05, 0.1) is 32.8 Å². The van der Waals surface area contributed by atoms with Gasteiger partial charge in [-0.2, -0.15) is 0 Å². The molecule has 1 aromatic rings. The summed E-state index contributed by atoms with van der Waals surface area (Å²) in [4.78, 5) is 0. The molecule has 0 radical (unpaired) electrons. The Kier molecular flexibility index (Phi) is 9.62. The molecule has 0 aliphatic heterocycles. The lowest BCUT2D eigenvalue weighted by Gasteiger charge is -2.35. The molecule has 0 aromatic heterocycles. The second-order valence-corrected chi connectivity index (χ2v) is 6.14. The molecule has 0 atom stereocenters. The Labute approximate surface area is 148 Å². The van der Waals surface area contributed by atoms with Crippen LogP contribution in [0.4, 0.5) is 0 Å². The van der Waals surface area contributed by atoms with Gasteiger partial charge < -0.3 is 18.7 Å². The molecule has 24 heavy (non-hydrogen) atoms. The van der Waals surface area contributed by atoms with E-state index in [-0.39, 0.29) is 0 Å². The summed E-state index contributed by atoms with van der Waals surface area (Å²) in [7, 11) is 0. The lowest BCUT2D eigenvalue weighted by Crippen LogP contribution is -2.49. The summed E-state index contributed by atoms with van der Waals surface area (Å²) in [6, 6.07) is 5.89. The molecule has 138 valence electrons. The fraction of sp³-hybridized carbons (Fsp3) is 0.700. The molecule has 0 heterocycles. The SMILES string of the molecule is CCCOc1cccc(OCCC)c1OCC[N+](CC)(CC)CC. The van der Waals surface area contributed by atoms with Crippen LogP contribution >= 0.6 is 0 Å². The van der Waals surface area contributed by atoms with Crippen molar-refractivity contribution in [3.8, 4) is 17.2 Å². The molecule has 0 bridgehead atoms. The van der Waals surface area contributed by atoms with E-state index < -0.39 is 0 Å². The second-order valence-electron chi connectivity index (χ2n) is 6.14. The molecule has 0 N–H and O–H groups in total. The van der Waals surface area contributed by atoms with Crippen LogP contribution in [0.3, 0.4) is 0 Å². The molecule has 1 rings (SSSR count). The van der Waals surface area contributed by atoms with E-state index in [1.165, 1.54) is 0 Å². The van der Waals surface area contributed by atoms with Crippen molar-refractivity contribution in [1.29, 1.82) is 0 Å². The molecule has 1 aromatic carbocycles. The zero-order chi connectivity index (χ0) is 17.8. The molecular formula is C20H36NO3+. The summed E-state index contributed by atoms with van der Waals surface area (Å²) in [6.45, 7) is 17.4. The summed E-state index contributed by atoms with van der Waals surface area (Å²) < 4.78 is 18.9. The van der Waals surface area contributed by atoms with Crippen molar-refractivity contribution < 1.29 is 18.7 Å². The Hall–Kier alpha value is -1.42. The Morgan fingerprint density at radius 1 is 0.708 bits per heavy atom. The number of nitrogens with zero attached hydrogens (tertiary/aromatic N) is 1. The van der Waals surface area contributed by atoms with Crippen LogP contribution in [0.25, 0.3) is 0 Å². The van der Waals surface area contributed by atoms with E-state index in [9.17, 15) is 0 Å². The Morgan fingerprint density at radius 3 is 1.62 bits per heavy atom. The van der Waals surface area contributed by atoms with E-state index in [4.69, 9.17) is 14.2 Å². The third-order valence-electron chi connectivity index (χ3n) is 4.69. The Morgan fingerprint density at radius 2 is 1.21 bits per heavy atom. The number of rotatable bonds is 13. The minimum atomic E-state index is 0.671. The molecule has 4 heteroatoms. The lowest BCUT2D eigenvalue weighted by molar-refractivity contribution is -0.923. The number of benzene rings is 1. The summed E-state index contributed by atoms with van der Waals surface area (Å²) >= 11 is 0. The molecule has 0 saturated carbocycles. The van der Waals surface area contributed by atoms with Gasteiger partial charge in [0.2, 0.25) is 5.75 Å². The van der Waals surface area contributed by atoms with Crippen molar-refractivity contribution in [2.24, 2.45) is 0 Å². The number of hydrogen-bond acceptors (Lipinski definition) is 3. The molecule has 0 amide bonds. The van der Waals surface area contributed by atoms with Crippen molar-refractivity contribution in [2.45, 2.75) is 47.5 Å². The molecule has 0 fully saturated rings. The maximum absolute atomic E-state index is 6.16. The number of para-hydroxylation sites is 1. The predicted octanol–water partition coefficient (Wildman–Crippen LogP) is 4.52. The topological polar surface area (TPSA) is 27.7 Å². The van der Waals surface area contributed by atoms with E-state index in [1.54, 1.807) is 0 Å². The minimum absolute atomic E-state index is 0.671. The maximum atomic E-state index is 6.16. The van der Waals surface area contributed by atoms with Crippen molar-refractivity contribution in [1.82, 2.24) is 0 Å². The van der Waals surface area contributed by atoms with E-state index in [0.717, 1.165) is 60.8 Å². The number of hydrogen-bond donors (Lipinski definition) is 0. The third kappa shape index (κ3) is 5.90. The van der Waals surface area contributed by atoms with Crippen molar-refractivity contribution in [2.75, 3.05) is 46.0 Å². The van der Waals surface area contributed by atoms with Gasteiger partial charge >= 0.3 is 0 Å². The summed E-state index contributed by atoms with van der Waals surface area (Å²) in [6.07, 6.45) is 1.95. The highest BCUT2D eigenvalue weighted by Gasteiger charge is 2.21. The quantitative estimate of drug-likeness (QED) is 0.495. The third-order valence-corrected chi connectivity index (χ3v) is 4.69. The number of likely N-dealkylation sites (N-methyl/N-ethyl adjacent to an activating group) is 1. The molecule has 0 spiro atoms. The van der Waals surface area contributed by atoms with Gasteiger partial charge in [-0.05, 0) is 45.7 Å². The van der Waals surface area contributed by atoms with Gasteiger partial charge in [0, 0.05) is 0 Å². The Balaban J connectivity index is 2.85. The van der Waals surface area contributed by atoms with Gasteiger partial charge in [-0.15, -0.1) is 0 Å². The maximum Gasteiger partial charge on any atom is 0.203 e. The predicted molar refractivity (Wildman–Crippen MR) is 100 cm³/mol. The summed E-state index contributed by atoms with van der Waals surface area (Å²) in [5.74, 6) is 2.32. The molecular weight excluding hydrogens is 302 g/mol. The van der Waals surface area contributed by atoms with E-state index in [2.05, 4.69) is 34.6 Å². The van der Waals surface area contributed by atoms with Crippen LogP contribution in [-0.2, 0) is 0 Å². The first kappa shape index (κ1) is 20.6. The van der Waals surface area contributed by atoms with Crippen LogP contribution in [0.1, 0.15) is 47.5 Å². The number of ether oxygens (including phenoxy) is 3. The Bertz CT molecular complexity index is 424. The lowest BCUT2D eigenvalue weighted by atomic mass is 10.3. The molecule has 4 nitrogen and oxygen atoms in total. The van der Waals surface area contributed by atoms with E-state index in [0.29, 0.717) is 19.8 Å². The second kappa shape index (κ2) is 11.2. The molecule has 0 aliphatic rings. The first-order valence-corrected chi connectivity index (χ1v) is 9.52. The summed E-state index contributed by atoms with van der Waals surface area (Å²) in [5, 5.41) is 0. The normalized spacial score (nSPS) is 11.4. The van der Waals surface area contributed by atoms with Gasteiger partial charge in [-0.1, -0.05) is 19.9 Å².